The number of pyridine rings is 1. The van der Waals surface area contributed by atoms with Crippen molar-refractivity contribution in [1.82, 2.24) is 4.98 Å². The number of benzene rings is 1. The minimum absolute atomic E-state index is 0.00849. The molecule has 1 heterocycles. The zero-order valence-electron chi connectivity index (χ0n) is 16.0. The van der Waals surface area contributed by atoms with Crippen LogP contribution < -0.4 is 14.4 Å². The summed E-state index contributed by atoms with van der Waals surface area (Å²) in [6, 6.07) is 12.2. The molecule has 1 amide bonds. The molecule has 1 aromatic heterocycles. The number of esters is 1. The summed E-state index contributed by atoms with van der Waals surface area (Å²) in [6.45, 7) is 2.43. The lowest BCUT2D eigenvalue weighted by molar-refractivity contribution is -0.134. The zero-order valence-corrected chi connectivity index (χ0v) is 16.0. The number of amides is 1. The Bertz CT molecular complexity index is 1010. The summed E-state index contributed by atoms with van der Waals surface area (Å²) in [5.41, 5.74) is 5.96. The van der Waals surface area contributed by atoms with Gasteiger partial charge in [0.2, 0.25) is 0 Å². The molecule has 1 aromatic carbocycles. The molecule has 6 heteroatoms. The first kappa shape index (κ1) is 19.9. The van der Waals surface area contributed by atoms with Gasteiger partial charge in [0.25, 0.3) is 5.91 Å². The molecule has 6 nitrogen and oxygen atoms in total. The molecule has 1 aliphatic carbocycles. The second kappa shape index (κ2) is 9.90. The lowest BCUT2D eigenvalue weighted by Gasteiger charge is -2.22. The van der Waals surface area contributed by atoms with Gasteiger partial charge in [-0.2, -0.15) is 0 Å². The van der Waals surface area contributed by atoms with Crippen LogP contribution in [-0.2, 0) is 9.59 Å². The largest absolute Gasteiger partial charge is 0.490 e. The number of para-hydroxylation sites is 2. The molecule has 3 rings (SSSR count). The molecule has 0 radical (unpaired) electrons. The number of aromatic nitrogens is 1. The summed E-state index contributed by atoms with van der Waals surface area (Å²) in [6.07, 6.45) is 6.39. The first-order valence-corrected chi connectivity index (χ1v) is 9.22. The van der Waals surface area contributed by atoms with Crippen molar-refractivity contribution in [2.24, 2.45) is 0 Å². The van der Waals surface area contributed by atoms with Crippen LogP contribution in [0.3, 0.4) is 0 Å². The summed E-state index contributed by atoms with van der Waals surface area (Å²) in [4.78, 5) is 31.0. The number of nitrogens with zero attached hydrogens (tertiary/aromatic N) is 2. The number of carbonyl (C=O) groups is 2. The van der Waals surface area contributed by atoms with E-state index in [9.17, 15) is 9.59 Å². The highest BCUT2D eigenvalue weighted by Crippen LogP contribution is 2.26. The quantitative estimate of drug-likeness (QED) is 0.393. The third-order valence-electron chi connectivity index (χ3n) is 3.99. The zero-order chi connectivity index (χ0) is 20.5. The van der Waals surface area contributed by atoms with Crippen molar-refractivity contribution >= 4 is 17.7 Å². The molecule has 0 saturated heterocycles. The van der Waals surface area contributed by atoms with E-state index in [-0.39, 0.29) is 18.9 Å². The molecule has 0 bridgehead atoms. The van der Waals surface area contributed by atoms with E-state index < -0.39 is 5.97 Å². The Morgan fingerprint density at radius 3 is 2.55 bits per heavy atom. The fourth-order valence-corrected chi connectivity index (χ4v) is 2.66. The monoisotopic (exact) mass is 388 g/mol. The summed E-state index contributed by atoms with van der Waals surface area (Å²) in [7, 11) is 0. The molecule has 0 fully saturated rings. The van der Waals surface area contributed by atoms with Gasteiger partial charge in [0, 0.05) is 24.4 Å². The summed E-state index contributed by atoms with van der Waals surface area (Å²) < 4.78 is 10.9. The lowest BCUT2D eigenvalue weighted by Crippen LogP contribution is -2.35. The Labute approximate surface area is 169 Å². The van der Waals surface area contributed by atoms with Crippen LogP contribution in [-0.4, -0.2) is 30.0 Å². The first-order chi connectivity index (χ1) is 14.2. The highest BCUT2D eigenvalue weighted by molar-refractivity contribution is 6.07. The number of hydrogen-bond acceptors (Lipinski definition) is 5. The molecule has 0 aliphatic heterocycles. The molecule has 146 valence electrons. The number of ether oxygens (including phenoxy) is 2. The summed E-state index contributed by atoms with van der Waals surface area (Å²) >= 11 is 0. The van der Waals surface area contributed by atoms with Crippen LogP contribution in [0.5, 0.6) is 11.5 Å². The van der Waals surface area contributed by atoms with E-state index in [1.54, 1.807) is 66.9 Å². The molecule has 2 aromatic rings. The van der Waals surface area contributed by atoms with E-state index in [4.69, 9.17) is 9.47 Å². The number of rotatable bonds is 8. The van der Waals surface area contributed by atoms with E-state index >= 15 is 0 Å². The average molecular weight is 388 g/mol. The normalized spacial score (nSPS) is 11.7. The van der Waals surface area contributed by atoms with Crippen LogP contribution in [0, 0.1) is 0 Å². The van der Waals surface area contributed by atoms with Crippen molar-refractivity contribution in [1.29, 1.82) is 0 Å². The second-order valence-electron chi connectivity index (χ2n) is 5.97. The van der Waals surface area contributed by atoms with Gasteiger partial charge in [-0.15, -0.1) is 0 Å². The summed E-state index contributed by atoms with van der Waals surface area (Å²) in [5.74, 6) is 0.545. The van der Waals surface area contributed by atoms with Crippen molar-refractivity contribution in [3.63, 3.8) is 0 Å². The maximum absolute atomic E-state index is 12.9. The fourth-order valence-electron chi connectivity index (χ4n) is 2.66. The Morgan fingerprint density at radius 2 is 1.86 bits per heavy atom. The minimum atomic E-state index is -0.473. The van der Waals surface area contributed by atoms with E-state index in [1.807, 2.05) is 6.92 Å². The van der Waals surface area contributed by atoms with Crippen LogP contribution in [0.4, 0.5) is 5.82 Å². The number of allylic oxidation sites excluding steroid dienone is 2. The molecule has 0 saturated carbocycles. The third kappa shape index (κ3) is 5.33. The van der Waals surface area contributed by atoms with E-state index in [2.05, 4.69) is 16.4 Å². The van der Waals surface area contributed by atoms with Crippen LogP contribution >= 0.6 is 0 Å². The van der Waals surface area contributed by atoms with Crippen LogP contribution in [0.15, 0.2) is 83.9 Å². The van der Waals surface area contributed by atoms with Crippen molar-refractivity contribution in [2.75, 3.05) is 18.1 Å². The number of carbonyl (C=O) groups excluding carboxylic acids is 2. The van der Waals surface area contributed by atoms with Crippen molar-refractivity contribution in [3.8, 4) is 11.5 Å². The van der Waals surface area contributed by atoms with Crippen LogP contribution in [0.25, 0.3) is 0 Å². The third-order valence-corrected chi connectivity index (χ3v) is 3.99. The van der Waals surface area contributed by atoms with Crippen molar-refractivity contribution in [3.05, 3.63) is 83.9 Å². The Kier molecular flexibility index (Phi) is 6.80. The maximum atomic E-state index is 12.9. The predicted molar refractivity (Wildman–Crippen MR) is 109 cm³/mol. The topological polar surface area (TPSA) is 68.7 Å². The van der Waals surface area contributed by atoms with Crippen molar-refractivity contribution < 1.29 is 19.1 Å². The van der Waals surface area contributed by atoms with Gasteiger partial charge in [0.15, 0.2) is 11.5 Å². The molecule has 0 unspecified atom stereocenters. The molecular formula is C23H20N2O4. The van der Waals surface area contributed by atoms with Gasteiger partial charge in [0.1, 0.15) is 5.82 Å². The van der Waals surface area contributed by atoms with Gasteiger partial charge in [-0.25, -0.2) is 4.98 Å². The molecule has 0 N–H and O–H groups in total. The molecule has 1 aliphatic rings. The van der Waals surface area contributed by atoms with Gasteiger partial charge >= 0.3 is 5.97 Å². The average Bonchev–Trinajstić information content (AvgIpc) is 2.76. The molecule has 29 heavy (non-hydrogen) atoms. The lowest BCUT2D eigenvalue weighted by atomic mass is 10.1. The summed E-state index contributed by atoms with van der Waals surface area (Å²) in [5, 5.41) is 0. The highest BCUT2D eigenvalue weighted by Gasteiger charge is 2.21. The molecule has 0 atom stereocenters. The predicted octanol–water partition coefficient (Wildman–Crippen LogP) is 3.62. The Hall–Kier alpha value is -3.85. The fraction of sp³-hybridized carbons (Fsp3) is 0.174. The Morgan fingerprint density at radius 1 is 1.07 bits per heavy atom. The van der Waals surface area contributed by atoms with Crippen LogP contribution in [0.1, 0.15) is 13.3 Å². The van der Waals surface area contributed by atoms with Gasteiger partial charge in [-0.05, 0) is 43.3 Å². The van der Waals surface area contributed by atoms with E-state index in [0.29, 0.717) is 29.5 Å². The number of anilines is 1. The SMILES string of the molecule is CCOc1ccccc1OC(=O)CCN(C(=O)C1=CC=C=C=C1)c1ccccn1. The van der Waals surface area contributed by atoms with Crippen LogP contribution in [0.2, 0.25) is 0 Å². The van der Waals surface area contributed by atoms with Gasteiger partial charge in [-0.3, -0.25) is 14.5 Å². The van der Waals surface area contributed by atoms with E-state index in [1.165, 1.54) is 4.90 Å². The van der Waals surface area contributed by atoms with Gasteiger partial charge in [-0.1, -0.05) is 29.7 Å². The standard InChI is InChI=1S/C23H20N2O4/c1-2-28-19-12-6-7-13-20(19)29-22(26)15-17-25(21-14-8-9-16-24-21)23(27)18-10-4-3-5-11-18/h4,6-14,16H,2,15,17H2,1H3. The smallest absolute Gasteiger partial charge is 0.313 e. The van der Waals surface area contributed by atoms with Gasteiger partial charge < -0.3 is 9.47 Å². The molecular weight excluding hydrogens is 368 g/mol. The highest BCUT2D eigenvalue weighted by atomic mass is 16.6. The second-order valence-corrected chi connectivity index (χ2v) is 5.97. The number of hydrogen-bond donors (Lipinski definition) is 0. The minimum Gasteiger partial charge on any atom is -0.490 e. The van der Waals surface area contributed by atoms with Gasteiger partial charge in [0.05, 0.1) is 13.0 Å². The Balaban J connectivity index is 1.71. The van der Waals surface area contributed by atoms with E-state index in [0.717, 1.165) is 0 Å². The molecule has 0 spiro atoms. The maximum Gasteiger partial charge on any atom is 0.313 e. The van der Waals surface area contributed by atoms with Crippen molar-refractivity contribution in [2.45, 2.75) is 13.3 Å². The first-order valence-electron chi connectivity index (χ1n) is 9.22.